The number of hydrogen-bond donors (Lipinski definition) is 1. The Morgan fingerprint density at radius 3 is 2.59 bits per heavy atom. The molecule has 3 aliphatic heterocycles. The summed E-state index contributed by atoms with van der Waals surface area (Å²) in [5.74, 6) is 3.46. The van der Waals surface area contributed by atoms with E-state index in [0.717, 1.165) is 75.7 Å². The fourth-order valence-electron chi connectivity index (χ4n) is 4.58. The lowest BCUT2D eigenvalue weighted by Crippen LogP contribution is -2.61. The van der Waals surface area contributed by atoms with Crippen LogP contribution in [0.15, 0.2) is 29.3 Å². The second kappa shape index (κ2) is 9.77. The molecular formula is C21H32ClN5OS. The van der Waals surface area contributed by atoms with E-state index in [-0.39, 0.29) is 5.54 Å². The predicted octanol–water partition coefficient (Wildman–Crippen LogP) is 2.25. The van der Waals surface area contributed by atoms with Crippen LogP contribution in [0.3, 0.4) is 0 Å². The highest BCUT2D eigenvalue weighted by atomic mass is 35.5. The van der Waals surface area contributed by atoms with Gasteiger partial charge in [-0.3, -0.25) is 9.89 Å². The molecule has 0 spiro atoms. The van der Waals surface area contributed by atoms with Gasteiger partial charge in [0.25, 0.3) is 0 Å². The van der Waals surface area contributed by atoms with E-state index in [1.54, 1.807) is 0 Å². The number of benzene rings is 1. The summed E-state index contributed by atoms with van der Waals surface area (Å²) in [6, 6.07) is 8.11. The smallest absolute Gasteiger partial charge is 0.193 e. The molecule has 4 rings (SSSR count). The van der Waals surface area contributed by atoms with Crippen molar-refractivity contribution in [2.24, 2.45) is 4.99 Å². The second-order valence-electron chi connectivity index (χ2n) is 7.95. The number of nitrogens with zero attached hydrogens (tertiary/aromatic N) is 4. The van der Waals surface area contributed by atoms with Gasteiger partial charge in [0.05, 0.1) is 23.9 Å². The SMILES string of the molecule is CN=C(NCC1(N2CCOCC2)CCSC1)N1CCN(c2ccccc2Cl)CC1. The molecule has 3 aliphatic rings. The quantitative estimate of drug-likeness (QED) is 0.575. The van der Waals surface area contributed by atoms with Gasteiger partial charge in [0.1, 0.15) is 0 Å². The molecule has 0 aromatic heterocycles. The zero-order chi connectivity index (χ0) is 20.1. The molecule has 6 nitrogen and oxygen atoms in total. The van der Waals surface area contributed by atoms with E-state index in [1.807, 2.05) is 19.2 Å². The zero-order valence-corrected chi connectivity index (χ0v) is 18.9. The zero-order valence-electron chi connectivity index (χ0n) is 17.3. The van der Waals surface area contributed by atoms with Gasteiger partial charge in [-0.05, 0) is 24.3 Å². The second-order valence-corrected chi connectivity index (χ2v) is 9.46. The molecule has 0 amide bonds. The topological polar surface area (TPSA) is 43.3 Å². The van der Waals surface area contributed by atoms with E-state index in [9.17, 15) is 0 Å². The number of hydrogen-bond acceptors (Lipinski definition) is 5. The summed E-state index contributed by atoms with van der Waals surface area (Å²) in [6.07, 6.45) is 1.24. The molecule has 3 heterocycles. The Labute approximate surface area is 183 Å². The first-order valence-corrected chi connectivity index (χ1v) is 12.1. The van der Waals surface area contributed by atoms with E-state index in [0.29, 0.717) is 0 Å². The Balaban J connectivity index is 1.34. The van der Waals surface area contributed by atoms with Crippen molar-refractivity contribution in [1.29, 1.82) is 0 Å². The van der Waals surface area contributed by atoms with Crippen LogP contribution < -0.4 is 10.2 Å². The third kappa shape index (κ3) is 4.79. The summed E-state index contributed by atoms with van der Waals surface area (Å²) in [7, 11) is 1.90. The van der Waals surface area contributed by atoms with Crippen molar-refractivity contribution in [2.45, 2.75) is 12.0 Å². The Bertz CT molecular complexity index is 698. The van der Waals surface area contributed by atoms with E-state index in [4.69, 9.17) is 16.3 Å². The molecule has 0 bridgehead atoms. The standard InChI is InChI=1S/C21H32ClN5OS/c1-23-20(24-16-21(6-15-29-17-21)27-11-13-28-14-12-27)26-9-7-25(8-10-26)19-5-3-2-4-18(19)22/h2-5H,6-17H2,1H3,(H,23,24). The maximum Gasteiger partial charge on any atom is 0.193 e. The van der Waals surface area contributed by atoms with Crippen molar-refractivity contribution < 1.29 is 4.74 Å². The third-order valence-corrected chi connectivity index (χ3v) is 7.88. The Morgan fingerprint density at radius 1 is 1.17 bits per heavy atom. The molecule has 1 atom stereocenters. The van der Waals surface area contributed by atoms with E-state index < -0.39 is 0 Å². The molecule has 1 unspecified atom stereocenters. The predicted molar refractivity (Wildman–Crippen MR) is 124 cm³/mol. The molecule has 1 aromatic carbocycles. The maximum absolute atomic E-state index is 6.39. The largest absolute Gasteiger partial charge is 0.379 e. The minimum absolute atomic E-state index is 0.226. The Hall–Kier alpha value is -1.15. The van der Waals surface area contributed by atoms with Crippen LogP contribution in [0, 0.1) is 0 Å². The Morgan fingerprint density at radius 2 is 1.93 bits per heavy atom. The van der Waals surface area contributed by atoms with E-state index in [1.165, 1.54) is 17.9 Å². The lowest BCUT2D eigenvalue weighted by molar-refractivity contribution is -0.0121. The van der Waals surface area contributed by atoms with Crippen LogP contribution in [0.5, 0.6) is 0 Å². The van der Waals surface area contributed by atoms with Gasteiger partial charge in [0.2, 0.25) is 0 Å². The molecule has 29 heavy (non-hydrogen) atoms. The molecular weight excluding hydrogens is 406 g/mol. The minimum Gasteiger partial charge on any atom is -0.379 e. The van der Waals surface area contributed by atoms with Gasteiger partial charge in [-0.1, -0.05) is 23.7 Å². The number of halogens is 1. The number of guanidine groups is 1. The number of piperazine rings is 1. The number of aliphatic imine (C=N–C) groups is 1. The molecule has 160 valence electrons. The molecule has 0 radical (unpaired) electrons. The number of ether oxygens (including phenoxy) is 1. The highest BCUT2D eigenvalue weighted by Crippen LogP contribution is 2.33. The third-order valence-electron chi connectivity index (χ3n) is 6.32. The first-order chi connectivity index (χ1) is 14.2. The summed E-state index contributed by atoms with van der Waals surface area (Å²) in [5, 5.41) is 4.55. The number of para-hydroxylation sites is 1. The molecule has 3 saturated heterocycles. The number of anilines is 1. The fraction of sp³-hybridized carbons (Fsp3) is 0.667. The molecule has 0 aliphatic carbocycles. The summed E-state index contributed by atoms with van der Waals surface area (Å²) >= 11 is 8.46. The van der Waals surface area contributed by atoms with Crippen LogP contribution in [0.2, 0.25) is 5.02 Å². The van der Waals surface area contributed by atoms with E-state index in [2.05, 4.69) is 48.9 Å². The van der Waals surface area contributed by atoms with Crippen LogP contribution in [-0.2, 0) is 4.74 Å². The average molecular weight is 438 g/mol. The Kier molecular flexibility index (Phi) is 7.11. The molecule has 0 saturated carbocycles. The van der Waals surface area contributed by atoms with Crippen molar-refractivity contribution in [2.75, 3.05) is 82.5 Å². The van der Waals surface area contributed by atoms with Gasteiger partial charge in [0, 0.05) is 64.2 Å². The van der Waals surface area contributed by atoms with Crippen LogP contribution in [0.1, 0.15) is 6.42 Å². The van der Waals surface area contributed by atoms with Gasteiger partial charge >= 0.3 is 0 Å². The van der Waals surface area contributed by atoms with Crippen molar-refractivity contribution in [3.8, 4) is 0 Å². The van der Waals surface area contributed by atoms with Crippen LogP contribution in [0.4, 0.5) is 5.69 Å². The number of nitrogens with one attached hydrogen (secondary N) is 1. The van der Waals surface area contributed by atoms with E-state index >= 15 is 0 Å². The number of rotatable bonds is 4. The van der Waals surface area contributed by atoms with Crippen molar-refractivity contribution in [1.82, 2.24) is 15.1 Å². The van der Waals surface area contributed by atoms with Gasteiger partial charge in [-0.25, -0.2) is 0 Å². The highest BCUT2D eigenvalue weighted by molar-refractivity contribution is 7.99. The number of thioether (sulfide) groups is 1. The molecule has 1 N–H and O–H groups in total. The van der Waals surface area contributed by atoms with Gasteiger partial charge < -0.3 is 19.9 Å². The summed E-state index contributed by atoms with van der Waals surface area (Å²) in [6.45, 7) is 8.54. The summed E-state index contributed by atoms with van der Waals surface area (Å²) in [5.41, 5.74) is 1.36. The van der Waals surface area contributed by atoms with Crippen LogP contribution >= 0.6 is 23.4 Å². The normalized spacial score (nSPS) is 26.8. The maximum atomic E-state index is 6.39. The molecule has 3 fully saturated rings. The summed E-state index contributed by atoms with van der Waals surface area (Å²) in [4.78, 5) is 12.0. The lowest BCUT2D eigenvalue weighted by atomic mass is 9.95. The molecule has 1 aromatic rings. The van der Waals surface area contributed by atoms with Gasteiger partial charge in [0.15, 0.2) is 5.96 Å². The van der Waals surface area contributed by atoms with Crippen molar-refractivity contribution in [3.05, 3.63) is 29.3 Å². The minimum atomic E-state index is 0.226. The van der Waals surface area contributed by atoms with Crippen LogP contribution in [0.25, 0.3) is 0 Å². The van der Waals surface area contributed by atoms with Crippen molar-refractivity contribution >= 4 is 35.0 Å². The van der Waals surface area contributed by atoms with Crippen LogP contribution in [-0.4, -0.2) is 98.9 Å². The molecule has 8 heteroatoms. The fourth-order valence-corrected chi connectivity index (χ4v) is 6.31. The average Bonchev–Trinajstić information content (AvgIpc) is 3.26. The van der Waals surface area contributed by atoms with Gasteiger partial charge in [-0.15, -0.1) is 0 Å². The first kappa shape index (κ1) is 21.1. The monoisotopic (exact) mass is 437 g/mol. The highest BCUT2D eigenvalue weighted by Gasteiger charge is 2.41. The lowest BCUT2D eigenvalue weighted by Gasteiger charge is -2.44. The number of morpholine rings is 1. The summed E-state index contributed by atoms with van der Waals surface area (Å²) < 4.78 is 5.59. The van der Waals surface area contributed by atoms with Gasteiger partial charge in [-0.2, -0.15) is 11.8 Å². The first-order valence-electron chi connectivity index (χ1n) is 10.6. The van der Waals surface area contributed by atoms with Crippen molar-refractivity contribution in [3.63, 3.8) is 0 Å².